The lowest BCUT2D eigenvalue weighted by atomic mass is 10.1. The molecular formula is C19H24N4O3S. The largest absolute Gasteiger partial charge is 0.390 e. The molecule has 0 spiro atoms. The average molecular weight is 388 g/mol. The summed E-state index contributed by atoms with van der Waals surface area (Å²) in [5.74, 6) is -0.0168. The first-order valence-electron chi connectivity index (χ1n) is 8.95. The van der Waals surface area contributed by atoms with Crippen molar-refractivity contribution in [2.24, 2.45) is 0 Å². The standard InChI is InChI=1S/C19H24N4O3S/c1-13-2-4-14(5-3-13)8-20-18(26)12-27-19-21-9-16(11-24)23(19)10-17(25)22-15-6-7-15/h2-5,9,15,24H,6-8,10-12H2,1H3,(H,20,26)(H,22,25). The number of nitrogens with zero attached hydrogens (tertiary/aromatic N) is 2. The van der Waals surface area contributed by atoms with Crippen LogP contribution in [0.4, 0.5) is 0 Å². The maximum atomic E-state index is 12.1. The van der Waals surface area contributed by atoms with E-state index in [-0.39, 0.29) is 36.8 Å². The lowest BCUT2D eigenvalue weighted by molar-refractivity contribution is -0.122. The van der Waals surface area contributed by atoms with Crippen LogP contribution in [-0.4, -0.2) is 38.3 Å². The van der Waals surface area contributed by atoms with Crippen LogP contribution in [0.25, 0.3) is 0 Å². The molecule has 1 aromatic carbocycles. The van der Waals surface area contributed by atoms with Gasteiger partial charge in [0, 0.05) is 12.6 Å². The number of aryl methyl sites for hydroxylation is 1. The summed E-state index contributed by atoms with van der Waals surface area (Å²) in [5.41, 5.74) is 2.78. The van der Waals surface area contributed by atoms with Crippen LogP contribution in [0.2, 0.25) is 0 Å². The van der Waals surface area contributed by atoms with Gasteiger partial charge in [0.05, 0.1) is 24.3 Å². The summed E-state index contributed by atoms with van der Waals surface area (Å²) in [6.45, 7) is 2.38. The molecule has 0 radical (unpaired) electrons. The summed E-state index contributed by atoms with van der Waals surface area (Å²) in [6, 6.07) is 8.28. The summed E-state index contributed by atoms with van der Waals surface area (Å²) in [5, 5.41) is 15.8. The Morgan fingerprint density at radius 1 is 1.26 bits per heavy atom. The Morgan fingerprint density at radius 3 is 2.67 bits per heavy atom. The minimum absolute atomic E-state index is 0.0969. The highest BCUT2D eigenvalue weighted by molar-refractivity contribution is 7.99. The minimum Gasteiger partial charge on any atom is -0.390 e. The third kappa shape index (κ3) is 5.83. The number of benzene rings is 1. The van der Waals surface area contributed by atoms with Gasteiger partial charge in [-0.1, -0.05) is 41.6 Å². The molecule has 1 fully saturated rings. The van der Waals surface area contributed by atoms with Crippen LogP contribution in [0.15, 0.2) is 35.6 Å². The van der Waals surface area contributed by atoms with Gasteiger partial charge in [0.2, 0.25) is 11.8 Å². The maximum absolute atomic E-state index is 12.1. The van der Waals surface area contributed by atoms with Crippen LogP contribution in [0.1, 0.15) is 29.7 Å². The van der Waals surface area contributed by atoms with E-state index in [4.69, 9.17) is 0 Å². The molecule has 3 N–H and O–H groups in total. The molecule has 8 heteroatoms. The topological polar surface area (TPSA) is 96.2 Å². The van der Waals surface area contributed by atoms with E-state index in [2.05, 4.69) is 15.6 Å². The summed E-state index contributed by atoms with van der Waals surface area (Å²) in [4.78, 5) is 28.4. The molecule has 3 rings (SSSR count). The Hall–Kier alpha value is -2.32. The molecule has 0 bridgehead atoms. The van der Waals surface area contributed by atoms with Crippen LogP contribution in [0, 0.1) is 6.92 Å². The predicted octanol–water partition coefficient (Wildman–Crippen LogP) is 1.37. The second kappa shape index (κ2) is 9.05. The number of rotatable bonds is 9. The van der Waals surface area contributed by atoms with Crippen molar-refractivity contribution in [1.29, 1.82) is 0 Å². The van der Waals surface area contributed by atoms with Crippen molar-refractivity contribution in [1.82, 2.24) is 20.2 Å². The van der Waals surface area contributed by atoms with Crippen LogP contribution >= 0.6 is 11.8 Å². The molecular weight excluding hydrogens is 364 g/mol. The Labute approximate surface area is 162 Å². The van der Waals surface area contributed by atoms with Gasteiger partial charge in [-0.25, -0.2) is 4.98 Å². The Bertz CT molecular complexity index is 800. The molecule has 1 saturated carbocycles. The van der Waals surface area contributed by atoms with Gasteiger partial charge in [0.1, 0.15) is 6.54 Å². The van der Waals surface area contributed by atoms with E-state index in [1.807, 2.05) is 31.2 Å². The highest BCUT2D eigenvalue weighted by Crippen LogP contribution is 2.21. The van der Waals surface area contributed by atoms with Crippen molar-refractivity contribution in [2.75, 3.05) is 5.75 Å². The third-order valence-corrected chi connectivity index (χ3v) is 5.24. The lowest BCUT2D eigenvalue weighted by Crippen LogP contribution is -2.30. The van der Waals surface area contributed by atoms with Gasteiger partial charge in [-0.3, -0.25) is 9.59 Å². The van der Waals surface area contributed by atoms with Crippen LogP contribution < -0.4 is 10.6 Å². The van der Waals surface area contributed by atoms with E-state index in [9.17, 15) is 14.7 Å². The van der Waals surface area contributed by atoms with Crippen LogP contribution in [-0.2, 0) is 29.3 Å². The molecule has 0 saturated heterocycles. The van der Waals surface area contributed by atoms with Crippen LogP contribution in [0.3, 0.4) is 0 Å². The van der Waals surface area contributed by atoms with Crippen molar-refractivity contribution >= 4 is 23.6 Å². The van der Waals surface area contributed by atoms with Crippen molar-refractivity contribution in [3.8, 4) is 0 Å². The van der Waals surface area contributed by atoms with Gasteiger partial charge in [0.15, 0.2) is 5.16 Å². The minimum atomic E-state index is -0.204. The molecule has 0 atom stereocenters. The highest BCUT2D eigenvalue weighted by atomic mass is 32.2. The van der Waals surface area contributed by atoms with Crippen molar-refractivity contribution < 1.29 is 14.7 Å². The summed E-state index contributed by atoms with van der Waals surface area (Å²) in [7, 11) is 0. The molecule has 27 heavy (non-hydrogen) atoms. The quantitative estimate of drug-likeness (QED) is 0.564. The second-order valence-corrected chi connectivity index (χ2v) is 7.61. The monoisotopic (exact) mass is 388 g/mol. The SMILES string of the molecule is Cc1ccc(CNC(=O)CSc2ncc(CO)n2CC(=O)NC2CC2)cc1. The molecule has 2 amide bonds. The Kier molecular flexibility index (Phi) is 6.52. The smallest absolute Gasteiger partial charge is 0.240 e. The molecule has 1 heterocycles. The molecule has 0 aliphatic heterocycles. The normalized spacial score (nSPS) is 13.4. The average Bonchev–Trinajstić information content (AvgIpc) is 3.38. The van der Waals surface area contributed by atoms with Gasteiger partial charge >= 0.3 is 0 Å². The summed E-state index contributed by atoms with van der Waals surface area (Å²) < 4.78 is 1.66. The number of hydrogen-bond donors (Lipinski definition) is 3. The van der Waals surface area contributed by atoms with E-state index >= 15 is 0 Å². The predicted molar refractivity (Wildman–Crippen MR) is 103 cm³/mol. The molecule has 1 aliphatic rings. The zero-order valence-electron chi connectivity index (χ0n) is 15.3. The number of carbonyl (C=O) groups excluding carboxylic acids is 2. The van der Waals surface area contributed by atoms with E-state index in [1.54, 1.807) is 4.57 Å². The van der Waals surface area contributed by atoms with Gasteiger partial charge in [-0.15, -0.1) is 0 Å². The van der Waals surface area contributed by atoms with Crippen molar-refractivity contribution in [3.63, 3.8) is 0 Å². The zero-order chi connectivity index (χ0) is 19.2. The second-order valence-electron chi connectivity index (χ2n) is 6.67. The van der Waals surface area contributed by atoms with E-state index in [0.717, 1.165) is 18.4 Å². The van der Waals surface area contributed by atoms with Gasteiger partial charge < -0.3 is 20.3 Å². The Morgan fingerprint density at radius 2 is 2.00 bits per heavy atom. The molecule has 7 nitrogen and oxygen atoms in total. The van der Waals surface area contributed by atoms with Gasteiger partial charge in [-0.05, 0) is 25.3 Å². The lowest BCUT2D eigenvalue weighted by Gasteiger charge is -2.11. The first kappa shape index (κ1) is 19.4. The van der Waals surface area contributed by atoms with Crippen molar-refractivity contribution in [3.05, 3.63) is 47.3 Å². The first-order chi connectivity index (χ1) is 13.0. The number of aliphatic hydroxyl groups excluding tert-OH is 1. The van der Waals surface area contributed by atoms with E-state index in [0.29, 0.717) is 17.4 Å². The maximum Gasteiger partial charge on any atom is 0.240 e. The number of aromatic nitrogens is 2. The van der Waals surface area contributed by atoms with Crippen molar-refractivity contribution in [2.45, 2.75) is 50.7 Å². The van der Waals surface area contributed by atoms with E-state index < -0.39 is 0 Å². The zero-order valence-corrected chi connectivity index (χ0v) is 16.1. The Balaban J connectivity index is 1.51. The molecule has 1 aliphatic carbocycles. The number of amides is 2. The fourth-order valence-electron chi connectivity index (χ4n) is 2.53. The van der Waals surface area contributed by atoms with E-state index in [1.165, 1.54) is 23.5 Å². The molecule has 0 unspecified atom stereocenters. The molecule has 1 aromatic heterocycles. The van der Waals surface area contributed by atoms with Gasteiger partial charge in [0.25, 0.3) is 0 Å². The molecule has 144 valence electrons. The number of carbonyl (C=O) groups is 2. The number of aliphatic hydroxyl groups is 1. The van der Waals surface area contributed by atoms with Crippen LogP contribution in [0.5, 0.6) is 0 Å². The fourth-order valence-corrected chi connectivity index (χ4v) is 3.36. The number of thioether (sulfide) groups is 1. The fraction of sp³-hybridized carbons (Fsp3) is 0.421. The number of nitrogens with one attached hydrogen (secondary N) is 2. The van der Waals surface area contributed by atoms with Gasteiger partial charge in [-0.2, -0.15) is 0 Å². The third-order valence-electron chi connectivity index (χ3n) is 4.25. The highest BCUT2D eigenvalue weighted by Gasteiger charge is 2.24. The number of hydrogen-bond acceptors (Lipinski definition) is 5. The number of imidazole rings is 1. The first-order valence-corrected chi connectivity index (χ1v) is 9.93. The molecule has 2 aromatic rings. The summed E-state index contributed by atoms with van der Waals surface area (Å²) in [6.07, 6.45) is 3.58. The summed E-state index contributed by atoms with van der Waals surface area (Å²) >= 11 is 1.25.